The molecular weight excluding hydrogens is 456 g/mol. The molecule has 4 aromatic rings. The first-order valence-electron chi connectivity index (χ1n) is 11.2. The van der Waals surface area contributed by atoms with Crippen molar-refractivity contribution in [3.63, 3.8) is 0 Å². The SMILES string of the molecule is O=C1NCc2c(-c3cnc4c(F)cccn34)ncc(Nc3ccc(N4CC[C@H](F)[C@@H](O)C4)cn3)c21. The molecule has 11 heteroatoms. The van der Waals surface area contributed by atoms with Crippen molar-refractivity contribution in [2.45, 2.75) is 25.2 Å². The molecule has 0 saturated carbocycles. The van der Waals surface area contributed by atoms with Crippen LogP contribution < -0.4 is 15.5 Å². The van der Waals surface area contributed by atoms with E-state index in [1.807, 2.05) is 11.0 Å². The number of aromatic nitrogens is 4. The van der Waals surface area contributed by atoms with Crippen molar-refractivity contribution in [1.82, 2.24) is 24.7 Å². The van der Waals surface area contributed by atoms with E-state index in [2.05, 4.69) is 25.6 Å². The lowest BCUT2D eigenvalue weighted by Crippen LogP contribution is -2.45. The van der Waals surface area contributed by atoms with Gasteiger partial charge < -0.3 is 20.6 Å². The lowest BCUT2D eigenvalue weighted by molar-refractivity contribution is 0.0645. The minimum absolute atomic E-state index is 0.185. The fourth-order valence-corrected chi connectivity index (χ4v) is 4.63. The Morgan fingerprint density at radius 2 is 2.03 bits per heavy atom. The molecule has 3 N–H and O–H groups in total. The second-order valence-corrected chi connectivity index (χ2v) is 8.59. The summed E-state index contributed by atoms with van der Waals surface area (Å²) in [6.45, 7) is 0.995. The second-order valence-electron chi connectivity index (χ2n) is 8.59. The number of carbonyl (C=O) groups is 1. The maximum absolute atomic E-state index is 14.1. The molecular formula is C24H21F2N7O2. The zero-order valence-electron chi connectivity index (χ0n) is 18.4. The maximum atomic E-state index is 14.1. The van der Waals surface area contributed by atoms with Crippen LogP contribution in [0.15, 0.2) is 49.1 Å². The van der Waals surface area contributed by atoms with Gasteiger partial charge in [-0.2, -0.15) is 0 Å². The number of pyridine rings is 3. The molecule has 178 valence electrons. The number of nitrogens with one attached hydrogen (secondary N) is 2. The number of aliphatic hydroxyl groups excluding tert-OH is 1. The number of β-amino-alcohol motifs (C(OH)–C–C–N with tert-alkyl or cyclic N) is 1. The van der Waals surface area contributed by atoms with Crippen LogP contribution in [0.5, 0.6) is 0 Å². The first-order chi connectivity index (χ1) is 17.0. The van der Waals surface area contributed by atoms with Crippen LogP contribution in [0.4, 0.5) is 26.0 Å². The van der Waals surface area contributed by atoms with Gasteiger partial charge in [-0.1, -0.05) is 0 Å². The Morgan fingerprint density at radius 1 is 1.14 bits per heavy atom. The van der Waals surface area contributed by atoms with Crippen LogP contribution in [-0.4, -0.2) is 55.7 Å². The molecule has 4 aromatic heterocycles. The second kappa shape index (κ2) is 8.27. The third kappa shape index (κ3) is 3.64. The lowest BCUT2D eigenvalue weighted by atomic mass is 10.1. The predicted molar refractivity (Wildman–Crippen MR) is 125 cm³/mol. The summed E-state index contributed by atoms with van der Waals surface area (Å²) in [5, 5.41) is 15.8. The molecule has 2 aliphatic rings. The first kappa shape index (κ1) is 21.4. The number of alkyl halides is 1. The Kier molecular flexibility index (Phi) is 5.06. The molecule has 2 atom stereocenters. The van der Waals surface area contributed by atoms with Gasteiger partial charge in [-0.3, -0.25) is 14.2 Å². The zero-order valence-corrected chi connectivity index (χ0v) is 18.4. The number of rotatable bonds is 4. The van der Waals surface area contributed by atoms with Crippen molar-refractivity contribution in [3.05, 3.63) is 66.0 Å². The van der Waals surface area contributed by atoms with E-state index in [9.17, 15) is 18.7 Å². The number of aliphatic hydroxyl groups is 1. The minimum atomic E-state index is -1.21. The summed E-state index contributed by atoms with van der Waals surface area (Å²) in [5.41, 5.74) is 3.71. The number of halogens is 2. The number of nitrogens with zero attached hydrogens (tertiary/aromatic N) is 5. The van der Waals surface area contributed by atoms with Gasteiger partial charge in [-0.05, 0) is 30.7 Å². The molecule has 0 spiro atoms. The summed E-state index contributed by atoms with van der Waals surface area (Å²) in [6, 6.07) is 6.51. The van der Waals surface area contributed by atoms with Gasteiger partial charge in [0.1, 0.15) is 18.1 Å². The van der Waals surface area contributed by atoms with E-state index >= 15 is 0 Å². The summed E-state index contributed by atoms with van der Waals surface area (Å²) >= 11 is 0. The maximum Gasteiger partial charge on any atom is 0.254 e. The number of piperidine rings is 1. The molecule has 1 saturated heterocycles. The van der Waals surface area contributed by atoms with Gasteiger partial charge in [0.05, 0.1) is 46.9 Å². The number of hydrogen-bond acceptors (Lipinski definition) is 7. The van der Waals surface area contributed by atoms with Crippen LogP contribution in [0.1, 0.15) is 22.3 Å². The summed E-state index contributed by atoms with van der Waals surface area (Å²) in [7, 11) is 0. The highest BCUT2D eigenvalue weighted by Crippen LogP contribution is 2.34. The molecule has 6 rings (SSSR count). The summed E-state index contributed by atoms with van der Waals surface area (Å²) < 4.78 is 29.3. The Bertz CT molecular complexity index is 1440. The van der Waals surface area contributed by atoms with E-state index in [1.54, 1.807) is 41.3 Å². The Hall–Kier alpha value is -4.12. The average molecular weight is 477 g/mol. The topological polar surface area (TPSA) is 108 Å². The largest absolute Gasteiger partial charge is 0.388 e. The van der Waals surface area contributed by atoms with Crippen LogP contribution in [0.25, 0.3) is 17.0 Å². The van der Waals surface area contributed by atoms with Crippen molar-refractivity contribution < 1.29 is 18.7 Å². The van der Waals surface area contributed by atoms with Gasteiger partial charge in [0, 0.05) is 31.4 Å². The highest BCUT2D eigenvalue weighted by molar-refractivity contribution is 6.05. The van der Waals surface area contributed by atoms with Crippen molar-refractivity contribution in [2.24, 2.45) is 0 Å². The fourth-order valence-electron chi connectivity index (χ4n) is 4.63. The summed E-state index contributed by atoms with van der Waals surface area (Å²) in [4.78, 5) is 27.7. The third-order valence-electron chi connectivity index (χ3n) is 6.44. The molecule has 0 aromatic carbocycles. The molecule has 0 unspecified atom stereocenters. The standard InChI is InChI=1S/C24H21F2N7O2/c25-15-5-7-32(12-19(15)34)13-3-4-20(27-8-13)31-17-10-28-22(14-9-30-24(35)21(14)17)18-11-29-23-16(26)2-1-6-33(18)23/h1-4,6,8,10-11,15,19,34H,5,7,9,12H2,(H,27,31)(H,30,35)/t15-,19-/m0/s1. The average Bonchev–Trinajstić information content (AvgIpc) is 3.47. The lowest BCUT2D eigenvalue weighted by Gasteiger charge is -2.33. The first-order valence-corrected chi connectivity index (χ1v) is 11.2. The van der Waals surface area contributed by atoms with E-state index in [0.29, 0.717) is 40.6 Å². The van der Waals surface area contributed by atoms with Gasteiger partial charge in [0.2, 0.25) is 0 Å². The molecule has 0 radical (unpaired) electrons. The monoisotopic (exact) mass is 477 g/mol. The van der Waals surface area contributed by atoms with Crippen LogP contribution in [0.3, 0.4) is 0 Å². The van der Waals surface area contributed by atoms with Gasteiger partial charge >= 0.3 is 0 Å². The van der Waals surface area contributed by atoms with Crippen molar-refractivity contribution in [1.29, 1.82) is 0 Å². The highest BCUT2D eigenvalue weighted by atomic mass is 19.1. The minimum Gasteiger partial charge on any atom is -0.388 e. The number of anilines is 3. The number of amides is 1. The molecule has 2 aliphatic heterocycles. The Labute approximate surface area is 198 Å². The van der Waals surface area contributed by atoms with Crippen LogP contribution in [0.2, 0.25) is 0 Å². The smallest absolute Gasteiger partial charge is 0.254 e. The summed E-state index contributed by atoms with van der Waals surface area (Å²) in [5.74, 6) is -0.185. The van der Waals surface area contributed by atoms with Crippen LogP contribution in [0, 0.1) is 5.82 Å². The predicted octanol–water partition coefficient (Wildman–Crippen LogP) is 2.83. The number of hydrogen-bond donors (Lipinski definition) is 3. The van der Waals surface area contributed by atoms with E-state index in [4.69, 9.17) is 0 Å². The van der Waals surface area contributed by atoms with E-state index in [0.717, 1.165) is 5.69 Å². The van der Waals surface area contributed by atoms with Crippen LogP contribution in [-0.2, 0) is 6.54 Å². The Balaban J connectivity index is 1.30. The van der Waals surface area contributed by atoms with Gasteiger partial charge in [-0.25, -0.2) is 18.7 Å². The molecule has 35 heavy (non-hydrogen) atoms. The number of fused-ring (bicyclic) bond motifs is 2. The number of carbonyl (C=O) groups excluding carboxylic acids is 1. The van der Waals surface area contributed by atoms with E-state index in [1.165, 1.54) is 6.07 Å². The molecule has 1 amide bonds. The molecule has 0 bridgehead atoms. The van der Waals surface area contributed by atoms with E-state index < -0.39 is 18.1 Å². The zero-order chi connectivity index (χ0) is 24.1. The quantitative estimate of drug-likeness (QED) is 0.415. The van der Waals surface area contributed by atoms with Crippen LogP contribution >= 0.6 is 0 Å². The van der Waals surface area contributed by atoms with Gasteiger partial charge in [-0.15, -0.1) is 0 Å². The summed E-state index contributed by atoms with van der Waals surface area (Å²) in [6.07, 6.45) is 4.48. The van der Waals surface area contributed by atoms with Gasteiger partial charge in [0.25, 0.3) is 5.91 Å². The van der Waals surface area contributed by atoms with Gasteiger partial charge in [0.15, 0.2) is 11.5 Å². The number of imidazole rings is 1. The normalized spacial score (nSPS) is 19.6. The molecule has 6 heterocycles. The highest BCUT2D eigenvalue weighted by Gasteiger charge is 2.29. The molecule has 0 aliphatic carbocycles. The molecule has 1 fully saturated rings. The fraction of sp³-hybridized carbons (Fsp3) is 0.250. The third-order valence-corrected chi connectivity index (χ3v) is 6.44. The van der Waals surface area contributed by atoms with Crippen molar-refractivity contribution in [2.75, 3.05) is 23.3 Å². The van der Waals surface area contributed by atoms with E-state index in [-0.39, 0.29) is 31.1 Å². The Morgan fingerprint density at radius 3 is 2.83 bits per heavy atom. The molecule has 9 nitrogen and oxygen atoms in total. The van der Waals surface area contributed by atoms with Crippen molar-refractivity contribution in [3.8, 4) is 11.4 Å². The van der Waals surface area contributed by atoms with Crippen molar-refractivity contribution >= 4 is 28.7 Å².